The lowest BCUT2D eigenvalue weighted by molar-refractivity contribution is -0.205. The van der Waals surface area contributed by atoms with Crippen molar-refractivity contribution < 1.29 is 42.4 Å². The Labute approximate surface area is 144 Å². The lowest BCUT2D eigenvalue weighted by Crippen LogP contribution is -2.57. The predicted molar refractivity (Wildman–Crippen MR) is 85.6 cm³/mol. The van der Waals surface area contributed by atoms with Crippen LogP contribution >= 0.6 is 11.8 Å². The highest BCUT2D eigenvalue weighted by Gasteiger charge is 2.44. The Bertz CT molecular complexity index is 511. The molecule has 0 amide bonds. The van der Waals surface area contributed by atoms with E-state index in [1.54, 1.807) is 0 Å². The number of thioether (sulfide) groups is 1. The highest BCUT2D eigenvalue weighted by molar-refractivity contribution is 8.14. The minimum Gasteiger partial charge on any atom is -0.394 e. The fraction of sp³-hybridized carbons (Fsp3) is 0.917. The standard InChI is InChI=1S/C12H23NO9S2/c1-2-3-4-5-8(13-22-24(18,19)20)23-12-11(17)10(16)9(15)7(6-14)21-12/h7,9-12,14-17H,2-6H2,1H3,(H,18,19,20)/b13-8-/t7-,9-,10+,11-,12+/m1/s1. The fourth-order valence-corrected chi connectivity index (χ4v) is 3.38. The summed E-state index contributed by atoms with van der Waals surface area (Å²) in [6.07, 6.45) is -2.94. The van der Waals surface area contributed by atoms with Crippen LogP contribution in [0.25, 0.3) is 0 Å². The summed E-state index contributed by atoms with van der Waals surface area (Å²) in [5, 5.41) is 42.0. The number of oxime groups is 1. The first kappa shape index (κ1) is 21.6. The topological polar surface area (TPSA) is 166 Å². The smallest absolute Gasteiger partial charge is 0.394 e. The Balaban J connectivity index is 2.82. The van der Waals surface area contributed by atoms with E-state index in [9.17, 15) is 23.7 Å². The van der Waals surface area contributed by atoms with E-state index in [2.05, 4.69) is 9.44 Å². The van der Waals surface area contributed by atoms with E-state index >= 15 is 0 Å². The summed E-state index contributed by atoms with van der Waals surface area (Å²) in [6.45, 7) is 1.39. The molecule has 0 unspecified atom stereocenters. The molecule has 10 nitrogen and oxygen atoms in total. The SMILES string of the molecule is CCCCC/C(=N/OS(=O)(=O)O)S[C@@H]1O[C@H](CO)[C@@H](O)[C@H](O)[C@H]1O. The Morgan fingerprint density at radius 2 is 1.88 bits per heavy atom. The van der Waals surface area contributed by atoms with Crippen molar-refractivity contribution >= 4 is 27.2 Å². The van der Waals surface area contributed by atoms with Crippen LogP contribution in [0, 0.1) is 0 Å². The van der Waals surface area contributed by atoms with Gasteiger partial charge in [0.2, 0.25) is 0 Å². The molecular formula is C12H23NO9S2. The van der Waals surface area contributed by atoms with E-state index < -0.39 is 46.9 Å². The molecule has 0 aliphatic carbocycles. The molecule has 12 heteroatoms. The lowest BCUT2D eigenvalue weighted by Gasteiger charge is -2.39. The van der Waals surface area contributed by atoms with Gasteiger partial charge < -0.3 is 25.2 Å². The van der Waals surface area contributed by atoms with Crippen LogP contribution in [0.5, 0.6) is 0 Å². The zero-order valence-corrected chi connectivity index (χ0v) is 14.7. The molecule has 0 bridgehead atoms. The maximum Gasteiger partial charge on any atom is 0.466 e. The largest absolute Gasteiger partial charge is 0.466 e. The molecular weight excluding hydrogens is 366 g/mol. The summed E-state index contributed by atoms with van der Waals surface area (Å²) >= 11 is 0.785. The maximum atomic E-state index is 10.6. The Morgan fingerprint density at radius 1 is 1.21 bits per heavy atom. The molecule has 5 N–H and O–H groups in total. The minimum absolute atomic E-state index is 0.116. The van der Waals surface area contributed by atoms with Crippen molar-refractivity contribution in [1.82, 2.24) is 0 Å². The highest BCUT2D eigenvalue weighted by Crippen LogP contribution is 2.30. The summed E-state index contributed by atoms with van der Waals surface area (Å²) in [5.74, 6) is 0. The van der Waals surface area contributed by atoms with Gasteiger partial charge in [0, 0.05) is 0 Å². The van der Waals surface area contributed by atoms with Gasteiger partial charge in [-0.15, -0.1) is 0 Å². The second kappa shape index (κ2) is 9.87. The van der Waals surface area contributed by atoms with Crippen LogP contribution in [0.1, 0.15) is 32.6 Å². The first-order valence-corrected chi connectivity index (χ1v) is 9.64. The molecule has 0 saturated carbocycles. The number of aliphatic hydroxyl groups excluding tert-OH is 4. The average molecular weight is 389 g/mol. The molecule has 1 fully saturated rings. The van der Waals surface area contributed by atoms with Gasteiger partial charge in [0.1, 0.15) is 34.9 Å². The third-order valence-corrected chi connectivity index (χ3v) is 4.76. The number of rotatable bonds is 8. The Hall–Kier alpha value is -0.470. The monoisotopic (exact) mass is 389 g/mol. The number of hydrogen-bond donors (Lipinski definition) is 5. The average Bonchev–Trinajstić information content (AvgIpc) is 2.52. The number of hydrogen-bond acceptors (Lipinski definition) is 10. The number of unbranched alkanes of at least 4 members (excludes halogenated alkanes) is 2. The zero-order chi connectivity index (χ0) is 18.3. The molecule has 1 saturated heterocycles. The van der Waals surface area contributed by atoms with Crippen molar-refractivity contribution in [3.05, 3.63) is 0 Å². The van der Waals surface area contributed by atoms with E-state index in [4.69, 9.17) is 14.4 Å². The van der Waals surface area contributed by atoms with Gasteiger partial charge in [-0.1, -0.05) is 36.7 Å². The van der Waals surface area contributed by atoms with E-state index in [1.807, 2.05) is 6.92 Å². The first-order chi connectivity index (χ1) is 11.2. The van der Waals surface area contributed by atoms with Crippen molar-refractivity contribution in [2.45, 2.75) is 62.5 Å². The van der Waals surface area contributed by atoms with Gasteiger partial charge in [0.25, 0.3) is 0 Å². The van der Waals surface area contributed by atoms with E-state index in [1.165, 1.54) is 0 Å². The molecule has 1 heterocycles. The Kier molecular flexibility index (Phi) is 8.87. The van der Waals surface area contributed by atoms with Gasteiger partial charge in [0.15, 0.2) is 0 Å². The maximum absolute atomic E-state index is 10.6. The van der Waals surface area contributed by atoms with Gasteiger partial charge in [-0.25, -0.2) is 4.28 Å². The van der Waals surface area contributed by atoms with Gasteiger partial charge in [-0.05, 0) is 12.8 Å². The number of aliphatic hydroxyl groups is 4. The number of nitrogens with zero attached hydrogens (tertiary/aromatic N) is 1. The van der Waals surface area contributed by atoms with E-state index in [0.29, 0.717) is 12.8 Å². The van der Waals surface area contributed by atoms with Crippen LogP contribution in [-0.2, 0) is 19.4 Å². The quantitative estimate of drug-likeness (QED) is 0.117. The predicted octanol–water partition coefficient (Wildman–Crippen LogP) is -0.767. The second-order valence-corrected chi connectivity index (χ2v) is 7.44. The normalized spacial score (nSPS) is 31.9. The molecule has 142 valence electrons. The Morgan fingerprint density at radius 3 is 2.42 bits per heavy atom. The summed E-state index contributed by atoms with van der Waals surface area (Å²) in [5.41, 5.74) is -1.11. The summed E-state index contributed by atoms with van der Waals surface area (Å²) in [7, 11) is -4.77. The van der Waals surface area contributed by atoms with Crippen molar-refractivity contribution in [1.29, 1.82) is 0 Å². The number of ether oxygens (including phenoxy) is 1. The molecule has 0 spiro atoms. The third-order valence-electron chi connectivity index (χ3n) is 3.33. The van der Waals surface area contributed by atoms with Crippen LogP contribution in [-0.4, -0.2) is 74.9 Å². The molecule has 1 rings (SSSR count). The zero-order valence-electron chi connectivity index (χ0n) is 13.1. The van der Waals surface area contributed by atoms with Gasteiger partial charge in [0.05, 0.1) is 6.61 Å². The molecule has 0 aromatic rings. The molecule has 0 aromatic heterocycles. The van der Waals surface area contributed by atoms with Crippen molar-refractivity contribution in [2.75, 3.05) is 6.61 Å². The lowest BCUT2D eigenvalue weighted by atomic mass is 10.0. The fourth-order valence-electron chi connectivity index (χ4n) is 2.04. The first-order valence-electron chi connectivity index (χ1n) is 7.39. The summed E-state index contributed by atoms with van der Waals surface area (Å²) < 4.78 is 39.2. The van der Waals surface area contributed by atoms with E-state index in [0.717, 1.165) is 24.6 Å². The molecule has 1 aliphatic rings. The van der Waals surface area contributed by atoms with E-state index in [-0.39, 0.29) is 5.04 Å². The highest BCUT2D eigenvalue weighted by atomic mass is 32.3. The summed E-state index contributed by atoms with van der Waals surface area (Å²) in [6, 6.07) is 0. The van der Waals surface area contributed by atoms with Crippen LogP contribution in [0.2, 0.25) is 0 Å². The van der Waals surface area contributed by atoms with Crippen LogP contribution in [0.3, 0.4) is 0 Å². The second-order valence-electron chi connectivity index (χ2n) is 5.26. The van der Waals surface area contributed by atoms with Gasteiger partial charge >= 0.3 is 10.4 Å². The van der Waals surface area contributed by atoms with Gasteiger partial charge in [-0.3, -0.25) is 4.55 Å². The van der Waals surface area contributed by atoms with Crippen molar-refractivity contribution in [3.8, 4) is 0 Å². The minimum atomic E-state index is -4.77. The van der Waals surface area contributed by atoms with Crippen molar-refractivity contribution in [3.63, 3.8) is 0 Å². The molecule has 24 heavy (non-hydrogen) atoms. The molecule has 5 atom stereocenters. The summed E-state index contributed by atoms with van der Waals surface area (Å²) in [4.78, 5) is 0. The van der Waals surface area contributed by atoms with Crippen LogP contribution < -0.4 is 0 Å². The van der Waals surface area contributed by atoms with Crippen LogP contribution in [0.4, 0.5) is 0 Å². The van der Waals surface area contributed by atoms with Crippen molar-refractivity contribution in [2.24, 2.45) is 5.16 Å². The molecule has 0 aromatic carbocycles. The molecule has 1 aliphatic heterocycles. The third kappa shape index (κ3) is 6.80. The van der Waals surface area contributed by atoms with Crippen LogP contribution in [0.15, 0.2) is 5.16 Å². The molecule has 0 radical (unpaired) electrons. The van der Waals surface area contributed by atoms with Gasteiger partial charge in [-0.2, -0.15) is 8.42 Å².